The molecule has 8 heteroatoms. The molecule has 1 aliphatic rings. The van der Waals surface area contributed by atoms with Crippen LogP contribution in [0.2, 0.25) is 0 Å². The molecule has 0 bridgehead atoms. The second-order valence-electron chi connectivity index (χ2n) is 4.73. The Hall–Kier alpha value is -2.05. The van der Waals surface area contributed by atoms with Crippen LogP contribution in [-0.4, -0.2) is 22.2 Å². The highest BCUT2D eigenvalue weighted by Crippen LogP contribution is 2.32. The van der Waals surface area contributed by atoms with Crippen LogP contribution in [0.15, 0.2) is 20.9 Å². The van der Waals surface area contributed by atoms with E-state index in [0.717, 1.165) is 0 Å². The highest BCUT2D eigenvalue weighted by Gasteiger charge is 2.33. The average Bonchev–Trinajstić information content (AvgIpc) is 2.72. The first-order chi connectivity index (χ1) is 9.02. The van der Waals surface area contributed by atoms with Crippen molar-refractivity contribution in [3.05, 3.63) is 43.0 Å². The first kappa shape index (κ1) is 13.4. The van der Waals surface area contributed by atoms with Gasteiger partial charge in [-0.2, -0.15) is 0 Å². The predicted octanol–water partition coefficient (Wildman–Crippen LogP) is 1.08. The number of nitrogens with zero attached hydrogens (tertiary/aromatic N) is 4. The van der Waals surface area contributed by atoms with Gasteiger partial charge in [-0.1, -0.05) is 12.0 Å². The quantitative estimate of drug-likeness (QED) is 0.501. The van der Waals surface area contributed by atoms with Gasteiger partial charge in [0.05, 0.1) is 12.6 Å². The molecule has 0 unspecified atom stereocenters. The summed E-state index contributed by atoms with van der Waals surface area (Å²) >= 11 is 0. The number of nitrogens with one attached hydrogen (secondary N) is 1. The molecule has 0 spiro atoms. The molecule has 2 heterocycles. The van der Waals surface area contributed by atoms with E-state index in [0.29, 0.717) is 12.0 Å². The van der Waals surface area contributed by atoms with Gasteiger partial charge in [0, 0.05) is 16.7 Å². The molecule has 1 fully saturated rings. The third-order valence-electron chi connectivity index (χ3n) is 3.32. The van der Waals surface area contributed by atoms with Crippen molar-refractivity contribution in [2.75, 3.05) is 6.54 Å². The molecule has 19 heavy (non-hydrogen) atoms. The van der Waals surface area contributed by atoms with Gasteiger partial charge in [-0.3, -0.25) is 14.3 Å². The molecule has 1 aliphatic heterocycles. The van der Waals surface area contributed by atoms with Gasteiger partial charge in [-0.15, -0.1) is 0 Å². The lowest BCUT2D eigenvalue weighted by Crippen LogP contribution is -2.33. The molecule has 1 aromatic heterocycles. The summed E-state index contributed by atoms with van der Waals surface area (Å²) in [5, 5.41) is 3.50. The fraction of sp³-hybridized carbons (Fsp3) is 0.636. The largest absolute Gasteiger partial charge is 0.354 e. The number of aromatic nitrogens is 2. The normalized spacial score (nSPS) is 26.1. The van der Waals surface area contributed by atoms with E-state index >= 15 is 0 Å². The van der Waals surface area contributed by atoms with Crippen LogP contribution in [0.3, 0.4) is 0 Å². The monoisotopic (exact) mass is 265 g/mol. The number of azide groups is 1. The summed E-state index contributed by atoms with van der Waals surface area (Å²) in [5.41, 5.74) is 7.89. The topological polar surface area (TPSA) is 113 Å². The van der Waals surface area contributed by atoms with Crippen LogP contribution in [-0.2, 0) is 4.74 Å². The van der Waals surface area contributed by atoms with Crippen molar-refractivity contribution in [1.29, 1.82) is 0 Å². The van der Waals surface area contributed by atoms with Crippen LogP contribution < -0.4 is 11.2 Å². The fourth-order valence-corrected chi connectivity index (χ4v) is 2.18. The molecule has 0 saturated carbocycles. The lowest BCUT2D eigenvalue weighted by Gasteiger charge is -2.15. The Morgan fingerprint density at radius 1 is 1.63 bits per heavy atom. The molecule has 0 amide bonds. The molecule has 1 saturated heterocycles. The Bertz CT molecular complexity index is 628. The summed E-state index contributed by atoms with van der Waals surface area (Å²) < 4.78 is 7.09. The third kappa shape index (κ3) is 2.69. The summed E-state index contributed by atoms with van der Waals surface area (Å²) in [5.74, 6) is 0.176. The van der Waals surface area contributed by atoms with E-state index in [4.69, 9.17) is 10.3 Å². The highest BCUT2D eigenvalue weighted by molar-refractivity contribution is 5.01. The SMILES string of the molecule is Cc1cn([C@H]2C[C@@H](C)[C@@H](CN=[N+]=[N-])O2)c(=O)[nH]c1=O. The van der Waals surface area contributed by atoms with Crippen molar-refractivity contribution in [2.24, 2.45) is 11.0 Å². The van der Waals surface area contributed by atoms with Gasteiger partial charge >= 0.3 is 5.69 Å². The lowest BCUT2D eigenvalue weighted by atomic mass is 10.0. The van der Waals surface area contributed by atoms with E-state index in [2.05, 4.69) is 15.0 Å². The zero-order valence-electron chi connectivity index (χ0n) is 10.7. The van der Waals surface area contributed by atoms with E-state index in [9.17, 15) is 9.59 Å². The minimum Gasteiger partial charge on any atom is -0.354 e. The first-order valence-electron chi connectivity index (χ1n) is 6.01. The number of hydrogen-bond acceptors (Lipinski definition) is 4. The van der Waals surface area contributed by atoms with Crippen LogP contribution in [0.25, 0.3) is 10.4 Å². The predicted molar refractivity (Wildman–Crippen MR) is 67.8 cm³/mol. The maximum Gasteiger partial charge on any atom is 0.330 e. The van der Waals surface area contributed by atoms with Crippen LogP contribution in [0.1, 0.15) is 25.1 Å². The Labute approximate surface area is 108 Å². The molecule has 1 aromatic rings. The van der Waals surface area contributed by atoms with Gasteiger partial charge in [-0.25, -0.2) is 4.79 Å². The number of rotatable bonds is 3. The number of H-pyrrole nitrogens is 1. The van der Waals surface area contributed by atoms with E-state index in [-0.39, 0.29) is 18.6 Å². The summed E-state index contributed by atoms with van der Waals surface area (Å²) in [4.78, 5) is 28.0. The molecule has 8 nitrogen and oxygen atoms in total. The second-order valence-corrected chi connectivity index (χ2v) is 4.73. The Morgan fingerprint density at radius 3 is 3.05 bits per heavy atom. The molecule has 1 N–H and O–H groups in total. The summed E-state index contributed by atoms with van der Waals surface area (Å²) in [6, 6.07) is 0. The van der Waals surface area contributed by atoms with Crippen molar-refractivity contribution >= 4 is 0 Å². The maximum absolute atomic E-state index is 11.8. The minimum atomic E-state index is -0.489. The zero-order chi connectivity index (χ0) is 14.0. The van der Waals surface area contributed by atoms with Gasteiger partial charge in [-0.05, 0) is 24.8 Å². The van der Waals surface area contributed by atoms with Crippen LogP contribution in [0, 0.1) is 12.8 Å². The van der Waals surface area contributed by atoms with Gasteiger partial charge < -0.3 is 4.74 Å². The lowest BCUT2D eigenvalue weighted by molar-refractivity contribution is -0.00160. The number of aryl methyl sites for hydroxylation is 1. The standard InChI is InChI=1S/C11H15N5O3/c1-6-3-9(19-8(6)4-13-15-12)16-5-7(2)10(17)14-11(16)18/h5-6,8-9H,3-4H2,1-2H3,(H,14,17,18)/t6-,8-,9-/m1/s1. The van der Waals surface area contributed by atoms with Crippen LogP contribution in [0.4, 0.5) is 0 Å². The summed E-state index contributed by atoms with van der Waals surface area (Å²) in [6.07, 6.45) is 1.49. The molecule has 102 valence electrons. The number of ether oxygens (including phenoxy) is 1. The summed E-state index contributed by atoms with van der Waals surface area (Å²) in [7, 11) is 0. The van der Waals surface area contributed by atoms with Gasteiger partial charge in [0.2, 0.25) is 0 Å². The highest BCUT2D eigenvalue weighted by atomic mass is 16.5. The molecule has 0 aromatic carbocycles. The Kier molecular flexibility index (Phi) is 3.73. The van der Waals surface area contributed by atoms with Crippen molar-refractivity contribution < 1.29 is 4.74 Å². The van der Waals surface area contributed by atoms with Crippen molar-refractivity contribution in [3.8, 4) is 0 Å². The van der Waals surface area contributed by atoms with E-state index in [1.54, 1.807) is 6.92 Å². The average molecular weight is 265 g/mol. The number of hydrogen-bond donors (Lipinski definition) is 1. The maximum atomic E-state index is 11.8. The Morgan fingerprint density at radius 2 is 2.37 bits per heavy atom. The molecular formula is C11H15N5O3. The smallest absolute Gasteiger partial charge is 0.330 e. The van der Waals surface area contributed by atoms with Crippen molar-refractivity contribution in [1.82, 2.24) is 9.55 Å². The fourth-order valence-electron chi connectivity index (χ4n) is 2.18. The molecule has 3 atom stereocenters. The molecule has 2 rings (SSSR count). The molecule has 0 radical (unpaired) electrons. The van der Waals surface area contributed by atoms with E-state index in [1.807, 2.05) is 6.92 Å². The zero-order valence-corrected chi connectivity index (χ0v) is 10.7. The molecule has 0 aliphatic carbocycles. The van der Waals surface area contributed by atoms with E-state index in [1.165, 1.54) is 10.8 Å². The van der Waals surface area contributed by atoms with Gasteiger partial charge in [0.15, 0.2) is 0 Å². The van der Waals surface area contributed by atoms with Crippen molar-refractivity contribution in [3.63, 3.8) is 0 Å². The third-order valence-corrected chi connectivity index (χ3v) is 3.32. The van der Waals surface area contributed by atoms with Crippen molar-refractivity contribution in [2.45, 2.75) is 32.6 Å². The summed E-state index contributed by atoms with van der Waals surface area (Å²) in [6.45, 7) is 3.84. The van der Waals surface area contributed by atoms with Gasteiger partial charge in [0.1, 0.15) is 6.23 Å². The van der Waals surface area contributed by atoms with Gasteiger partial charge in [0.25, 0.3) is 5.56 Å². The molecular weight excluding hydrogens is 250 g/mol. The van der Waals surface area contributed by atoms with E-state index < -0.39 is 17.5 Å². The first-order valence-corrected chi connectivity index (χ1v) is 6.01. The van der Waals surface area contributed by atoms with Crippen LogP contribution >= 0.6 is 0 Å². The minimum absolute atomic E-state index is 0.176. The van der Waals surface area contributed by atoms with Crippen LogP contribution in [0.5, 0.6) is 0 Å². The second kappa shape index (κ2) is 5.29. The Balaban J connectivity index is 2.25. The number of aromatic amines is 1.